The molecule has 43 heavy (non-hydrogen) atoms. The van der Waals surface area contributed by atoms with E-state index < -0.39 is 48.3 Å². The lowest BCUT2D eigenvalue weighted by Gasteiger charge is -2.17. The molecular weight excluding hydrogens is 609 g/mol. The Labute approximate surface area is 243 Å². The molecule has 0 saturated carbocycles. The van der Waals surface area contributed by atoms with E-state index in [4.69, 9.17) is 21.5 Å². The minimum atomic E-state index is -5.08. The van der Waals surface area contributed by atoms with Crippen molar-refractivity contribution in [1.82, 2.24) is 40.1 Å². The van der Waals surface area contributed by atoms with E-state index in [1.165, 1.54) is 29.2 Å². The van der Waals surface area contributed by atoms with Gasteiger partial charge in [-0.15, -0.1) is 10.2 Å². The fourth-order valence-electron chi connectivity index (χ4n) is 3.28. The highest BCUT2D eigenvalue weighted by atomic mass is 35.5. The number of nitrogens with one attached hydrogen (secondary N) is 2. The Morgan fingerprint density at radius 2 is 1.72 bits per heavy atom. The maximum absolute atomic E-state index is 14.4. The van der Waals surface area contributed by atoms with E-state index in [0.717, 1.165) is 16.3 Å². The Hall–Kier alpha value is -5.00. The monoisotopic (exact) mass is 629 g/mol. The van der Waals surface area contributed by atoms with Crippen molar-refractivity contribution in [2.75, 3.05) is 11.9 Å². The number of hydrogen-bond donors (Lipinski definition) is 3. The second-order valence-electron chi connectivity index (χ2n) is 8.43. The number of aliphatic carboxylic acids is 1. The molecule has 0 radical (unpaired) electrons. The number of carbonyl (C=O) groups excluding carboxylic acids is 1. The number of pyridine rings is 1. The molecule has 3 aromatic heterocycles. The van der Waals surface area contributed by atoms with Crippen LogP contribution in [0.2, 0.25) is 5.15 Å². The largest absolute Gasteiger partial charge is 0.490 e. The summed E-state index contributed by atoms with van der Waals surface area (Å²) in [5.41, 5.74) is 0.137. The molecule has 0 aliphatic heterocycles. The Balaban J connectivity index is 0.000000646. The average Bonchev–Trinajstić information content (AvgIpc) is 3.40. The number of halogens is 6. The summed E-state index contributed by atoms with van der Waals surface area (Å²) in [4.78, 5) is 43.1. The van der Waals surface area contributed by atoms with Crippen molar-refractivity contribution < 1.29 is 36.6 Å². The summed E-state index contributed by atoms with van der Waals surface area (Å²) < 4.78 is 61.5. The van der Waals surface area contributed by atoms with Gasteiger partial charge in [-0.2, -0.15) is 26.7 Å². The molecule has 0 aliphatic rings. The number of amides is 1. The van der Waals surface area contributed by atoms with Crippen molar-refractivity contribution in [2.24, 2.45) is 7.05 Å². The van der Waals surface area contributed by atoms with Crippen LogP contribution < -0.4 is 16.2 Å². The van der Waals surface area contributed by atoms with Crippen LogP contribution in [0.1, 0.15) is 11.3 Å². The van der Waals surface area contributed by atoms with Crippen LogP contribution in [0.15, 0.2) is 59.7 Å². The first-order valence-electron chi connectivity index (χ1n) is 11.9. The van der Waals surface area contributed by atoms with Gasteiger partial charge in [-0.3, -0.25) is 19.1 Å². The van der Waals surface area contributed by atoms with E-state index in [2.05, 4.69) is 36.0 Å². The van der Waals surface area contributed by atoms with Crippen molar-refractivity contribution >= 4 is 29.3 Å². The van der Waals surface area contributed by atoms with Gasteiger partial charge in [0.2, 0.25) is 11.7 Å². The number of hydrogen-bond acceptors (Lipinski definition) is 9. The highest BCUT2D eigenvalue weighted by Gasteiger charge is 2.38. The molecule has 1 aromatic carbocycles. The molecule has 0 unspecified atom stereocenters. The van der Waals surface area contributed by atoms with Gasteiger partial charge in [-0.25, -0.2) is 9.78 Å². The molecule has 0 atom stereocenters. The second kappa shape index (κ2) is 13.8. The fourth-order valence-corrected chi connectivity index (χ4v) is 3.46. The van der Waals surface area contributed by atoms with Crippen molar-refractivity contribution in [3.8, 4) is 11.4 Å². The van der Waals surface area contributed by atoms with E-state index in [-0.39, 0.29) is 17.5 Å². The predicted molar refractivity (Wildman–Crippen MR) is 140 cm³/mol. The Morgan fingerprint density at radius 1 is 1.05 bits per heavy atom. The van der Waals surface area contributed by atoms with Crippen LogP contribution in [0.5, 0.6) is 0 Å². The van der Waals surface area contributed by atoms with Crippen LogP contribution in [0.25, 0.3) is 11.4 Å². The van der Waals surface area contributed by atoms with Crippen LogP contribution >= 0.6 is 11.6 Å². The third-order valence-electron chi connectivity index (χ3n) is 5.31. The molecule has 4 rings (SSSR count). The van der Waals surface area contributed by atoms with Gasteiger partial charge in [0.25, 0.3) is 5.56 Å². The zero-order valence-corrected chi connectivity index (χ0v) is 22.6. The van der Waals surface area contributed by atoms with E-state index in [9.17, 15) is 31.5 Å². The van der Waals surface area contributed by atoms with Gasteiger partial charge in [0.15, 0.2) is 5.82 Å². The molecule has 4 aromatic rings. The van der Waals surface area contributed by atoms with Crippen LogP contribution in [0.3, 0.4) is 0 Å². The number of anilines is 1. The van der Waals surface area contributed by atoms with Crippen molar-refractivity contribution in [3.63, 3.8) is 0 Å². The van der Waals surface area contributed by atoms with Crippen molar-refractivity contribution in [2.45, 2.75) is 25.2 Å². The van der Waals surface area contributed by atoms with Crippen LogP contribution in [0, 0.1) is 0 Å². The summed E-state index contributed by atoms with van der Waals surface area (Å²) >= 11 is 6.07. The van der Waals surface area contributed by atoms with Gasteiger partial charge in [0, 0.05) is 18.3 Å². The number of tetrazole rings is 1. The lowest BCUT2D eigenvalue weighted by atomic mass is 10.1. The maximum atomic E-state index is 14.4. The molecule has 0 bridgehead atoms. The van der Waals surface area contributed by atoms with E-state index in [1.807, 2.05) is 0 Å². The Bertz CT molecular complexity index is 1630. The summed E-state index contributed by atoms with van der Waals surface area (Å²) in [5.74, 6) is -6.62. The number of alkyl halides is 5. The lowest BCUT2D eigenvalue weighted by Crippen LogP contribution is -2.35. The molecule has 1 amide bonds. The maximum Gasteiger partial charge on any atom is 0.490 e. The van der Waals surface area contributed by atoms with Crippen LogP contribution in [-0.2, 0) is 35.6 Å². The summed E-state index contributed by atoms with van der Waals surface area (Å²) in [7, 11) is 1.64. The zero-order valence-electron chi connectivity index (χ0n) is 21.9. The molecule has 3 N–H and O–H groups in total. The number of rotatable bonds is 9. The molecule has 0 aliphatic carbocycles. The van der Waals surface area contributed by atoms with E-state index >= 15 is 0 Å². The predicted octanol–water partition coefficient (Wildman–Crippen LogP) is 2.64. The third-order valence-corrected chi connectivity index (χ3v) is 5.61. The van der Waals surface area contributed by atoms with Crippen LogP contribution in [-0.4, -0.2) is 64.4 Å². The standard InChI is InChI=1S/C22H20ClF2N9O2.C2HF3O2/c1-33-31-19(30-32-33)15-7-3-2-6-14(15)10-27-18(35)12-34-17(23)11-28-20(21(34)36)29-13-22(24,25)16-8-4-5-9-26-16;3-2(4,5)1(6)7/h2-9,11H,10,12-13H2,1H3,(H,27,35)(H,28,29);(H,6,7). The minimum Gasteiger partial charge on any atom is -0.475 e. The van der Waals surface area contributed by atoms with Gasteiger partial charge >= 0.3 is 18.1 Å². The minimum absolute atomic E-state index is 0.117. The molecule has 0 spiro atoms. The normalized spacial score (nSPS) is 11.3. The third kappa shape index (κ3) is 8.99. The Morgan fingerprint density at radius 3 is 2.33 bits per heavy atom. The number of aryl methyl sites for hydroxylation is 1. The first kappa shape index (κ1) is 32.5. The highest BCUT2D eigenvalue weighted by molar-refractivity contribution is 6.29. The van der Waals surface area contributed by atoms with Crippen molar-refractivity contribution in [3.05, 3.63) is 81.6 Å². The number of benzene rings is 1. The number of carbonyl (C=O) groups is 2. The van der Waals surface area contributed by atoms with Gasteiger partial charge in [-0.05, 0) is 22.9 Å². The molecule has 228 valence electrons. The lowest BCUT2D eigenvalue weighted by molar-refractivity contribution is -0.192. The molecule has 3 heterocycles. The van der Waals surface area contributed by atoms with E-state index in [0.29, 0.717) is 11.4 Å². The first-order chi connectivity index (χ1) is 20.2. The number of nitrogens with zero attached hydrogens (tertiary/aromatic N) is 7. The summed E-state index contributed by atoms with van der Waals surface area (Å²) in [6.45, 7) is -1.25. The first-order valence-corrected chi connectivity index (χ1v) is 12.2. The summed E-state index contributed by atoms with van der Waals surface area (Å²) in [5, 5.41) is 24.0. The Kier molecular flexibility index (Phi) is 10.4. The number of aromatic nitrogens is 7. The fraction of sp³-hybridized carbons (Fsp3) is 0.250. The molecular formula is C24H21ClF5N9O4. The molecule has 0 saturated heterocycles. The van der Waals surface area contributed by atoms with Gasteiger partial charge in [0.1, 0.15) is 17.4 Å². The summed E-state index contributed by atoms with van der Waals surface area (Å²) in [6.07, 6.45) is -2.73. The van der Waals surface area contributed by atoms with Gasteiger partial charge in [-0.1, -0.05) is 41.9 Å². The average molecular weight is 630 g/mol. The molecule has 19 heteroatoms. The topological polar surface area (TPSA) is 170 Å². The molecule has 13 nitrogen and oxygen atoms in total. The van der Waals surface area contributed by atoms with Crippen molar-refractivity contribution in [1.29, 1.82) is 0 Å². The zero-order chi connectivity index (χ0) is 31.8. The quantitative estimate of drug-likeness (QED) is 0.234. The summed E-state index contributed by atoms with van der Waals surface area (Å²) in [6, 6.07) is 11.3. The van der Waals surface area contributed by atoms with Crippen LogP contribution in [0.4, 0.5) is 27.8 Å². The number of carboxylic acids is 1. The van der Waals surface area contributed by atoms with E-state index in [1.54, 1.807) is 31.3 Å². The van der Waals surface area contributed by atoms with Gasteiger partial charge in [0.05, 0.1) is 19.8 Å². The second-order valence-corrected chi connectivity index (χ2v) is 8.82. The highest BCUT2D eigenvalue weighted by Crippen LogP contribution is 2.26. The number of carboxylic acid groups (broad SMARTS) is 1. The smallest absolute Gasteiger partial charge is 0.475 e. The van der Waals surface area contributed by atoms with Gasteiger partial charge < -0.3 is 15.7 Å². The molecule has 0 fully saturated rings. The SMILES string of the molecule is Cn1nnc(-c2ccccc2CNC(=O)Cn2c(Cl)cnc(NCC(F)(F)c3ccccn3)c2=O)n1.O=C(O)C(F)(F)F.